The van der Waals surface area contributed by atoms with Gasteiger partial charge in [-0.1, -0.05) is 13.0 Å². The molecule has 0 aliphatic rings. The molecule has 1 rings (SSSR count). The minimum atomic E-state index is 0.970. The molecule has 0 atom stereocenters. The van der Waals surface area contributed by atoms with E-state index >= 15 is 0 Å². The number of aryl methyl sites for hydroxylation is 1. The van der Waals surface area contributed by atoms with Gasteiger partial charge < -0.3 is 5.32 Å². The van der Waals surface area contributed by atoms with Crippen LogP contribution >= 0.6 is 0 Å². The predicted molar refractivity (Wildman–Crippen MR) is 47.8 cm³/mol. The molecule has 0 radical (unpaired) electrons. The zero-order valence-corrected chi connectivity index (χ0v) is 7.09. The summed E-state index contributed by atoms with van der Waals surface area (Å²) in [7, 11) is 0. The molecule has 0 spiro atoms. The summed E-state index contributed by atoms with van der Waals surface area (Å²) in [5.74, 6) is 0.970. The predicted octanol–water partition coefficient (Wildman–Crippen LogP) is 2.21. The lowest BCUT2D eigenvalue weighted by atomic mass is 10.3. The lowest BCUT2D eigenvalue weighted by Crippen LogP contribution is -2.01. The van der Waals surface area contributed by atoms with Crippen LogP contribution < -0.4 is 5.32 Å². The van der Waals surface area contributed by atoms with Gasteiger partial charge in [-0.2, -0.15) is 0 Å². The van der Waals surface area contributed by atoms with E-state index in [4.69, 9.17) is 0 Å². The number of aromatic nitrogens is 1. The Kier molecular flexibility index (Phi) is 2.90. The number of rotatable bonds is 3. The number of anilines is 1. The summed E-state index contributed by atoms with van der Waals surface area (Å²) in [6, 6.07) is 4.07. The Labute approximate surface area is 67.7 Å². The van der Waals surface area contributed by atoms with E-state index in [1.807, 2.05) is 19.2 Å². The van der Waals surface area contributed by atoms with Crippen molar-refractivity contribution in [2.75, 3.05) is 11.9 Å². The Bertz CT molecular complexity index is 203. The quantitative estimate of drug-likeness (QED) is 0.714. The highest BCUT2D eigenvalue weighted by Crippen LogP contribution is 2.02. The largest absolute Gasteiger partial charge is 0.370 e. The summed E-state index contributed by atoms with van der Waals surface area (Å²) in [6.07, 6.45) is 3.01. The van der Waals surface area contributed by atoms with Crippen LogP contribution in [-0.4, -0.2) is 11.5 Å². The lowest BCUT2D eigenvalue weighted by molar-refractivity contribution is 0.968. The van der Waals surface area contributed by atoms with E-state index in [9.17, 15) is 0 Å². The molecule has 1 heterocycles. The normalized spacial score (nSPS) is 9.64. The van der Waals surface area contributed by atoms with Crippen LogP contribution in [0, 0.1) is 6.92 Å². The number of pyridine rings is 1. The molecular weight excluding hydrogens is 136 g/mol. The summed E-state index contributed by atoms with van der Waals surface area (Å²) in [4.78, 5) is 4.20. The second-order valence-electron chi connectivity index (χ2n) is 2.65. The van der Waals surface area contributed by atoms with E-state index in [0.29, 0.717) is 0 Å². The topological polar surface area (TPSA) is 24.9 Å². The van der Waals surface area contributed by atoms with E-state index in [1.165, 1.54) is 5.56 Å². The molecule has 60 valence electrons. The molecule has 1 aromatic rings. The summed E-state index contributed by atoms with van der Waals surface area (Å²) >= 11 is 0. The van der Waals surface area contributed by atoms with Crippen LogP contribution in [0.25, 0.3) is 0 Å². The van der Waals surface area contributed by atoms with Crippen molar-refractivity contribution in [2.24, 2.45) is 0 Å². The molecule has 1 aromatic heterocycles. The first kappa shape index (κ1) is 8.05. The molecule has 0 bridgehead atoms. The zero-order chi connectivity index (χ0) is 8.10. The molecule has 11 heavy (non-hydrogen) atoms. The first-order valence-corrected chi connectivity index (χ1v) is 3.99. The number of hydrogen-bond donors (Lipinski definition) is 1. The smallest absolute Gasteiger partial charge is 0.125 e. The van der Waals surface area contributed by atoms with Crippen molar-refractivity contribution >= 4 is 5.82 Å². The summed E-state index contributed by atoms with van der Waals surface area (Å²) in [6.45, 7) is 5.17. The first-order valence-electron chi connectivity index (χ1n) is 3.99. The molecule has 0 fully saturated rings. The Hall–Kier alpha value is -1.05. The van der Waals surface area contributed by atoms with Crippen LogP contribution in [0.2, 0.25) is 0 Å². The number of nitrogens with zero attached hydrogens (tertiary/aromatic N) is 1. The molecule has 1 N–H and O–H groups in total. The average molecular weight is 150 g/mol. The van der Waals surface area contributed by atoms with Crippen molar-refractivity contribution in [1.29, 1.82) is 0 Å². The van der Waals surface area contributed by atoms with E-state index < -0.39 is 0 Å². The van der Waals surface area contributed by atoms with Crippen molar-refractivity contribution in [3.63, 3.8) is 0 Å². The van der Waals surface area contributed by atoms with Gasteiger partial charge >= 0.3 is 0 Å². The van der Waals surface area contributed by atoms with Crippen molar-refractivity contribution in [3.05, 3.63) is 23.9 Å². The van der Waals surface area contributed by atoms with Crippen molar-refractivity contribution in [3.8, 4) is 0 Å². The maximum atomic E-state index is 4.20. The molecular formula is C9H14N2. The van der Waals surface area contributed by atoms with Gasteiger partial charge in [0, 0.05) is 12.7 Å². The van der Waals surface area contributed by atoms with Gasteiger partial charge in [0.25, 0.3) is 0 Å². The highest BCUT2D eigenvalue weighted by molar-refractivity contribution is 5.34. The number of nitrogens with one attached hydrogen (secondary N) is 1. The second kappa shape index (κ2) is 3.96. The Morgan fingerprint density at radius 1 is 1.45 bits per heavy atom. The lowest BCUT2D eigenvalue weighted by Gasteiger charge is -2.02. The van der Waals surface area contributed by atoms with Crippen LogP contribution in [0.4, 0.5) is 5.82 Å². The fourth-order valence-electron chi connectivity index (χ4n) is 0.825. The summed E-state index contributed by atoms with van der Waals surface area (Å²) in [5, 5.41) is 3.21. The molecule has 0 aliphatic carbocycles. The SMILES string of the molecule is CCCNc1ccc(C)cn1. The Balaban J connectivity index is 2.52. The zero-order valence-electron chi connectivity index (χ0n) is 7.09. The van der Waals surface area contributed by atoms with Gasteiger partial charge in [0.05, 0.1) is 0 Å². The molecule has 0 saturated carbocycles. The van der Waals surface area contributed by atoms with Gasteiger partial charge in [0.15, 0.2) is 0 Å². The molecule has 2 heteroatoms. The van der Waals surface area contributed by atoms with Gasteiger partial charge in [-0.25, -0.2) is 4.98 Å². The maximum absolute atomic E-state index is 4.20. The highest BCUT2D eigenvalue weighted by Gasteiger charge is 1.89. The third-order valence-electron chi connectivity index (χ3n) is 1.47. The van der Waals surface area contributed by atoms with Crippen LogP contribution in [0.5, 0.6) is 0 Å². The molecule has 0 saturated heterocycles. The van der Waals surface area contributed by atoms with Gasteiger partial charge in [-0.05, 0) is 25.0 Å². The first-order chi connectivity index (χ1) is 5.33. The van der Waals surface area contributed by atoms with Crippen LogP contribution in [-0.2, 0) is 0 Å². The monoisotopic (exact) mass is 150 g/mol. The van der Waals surface area contributed by atoms with Crippen molar-refractivity contribution in [2.45, 2.75) is 20.3 Å². The van der Waals surface area contributed by atoms with E-state index in [1.54, 1.807) is 0 Å². The highest BCUT2D eigenvalue weighted by atomic mass is 15.0. The molecule has 0 unspecified atom stereocenters. The van der Waals surface area contributed by atoms with Gasteiger partial charge in [-0.15, -0.1) is 0 Å². The molecule has 0 amide bonds. The van der Waals surface area contributed by atoms with Crippen LogP contribution in [0.3, 0.4) is 0 Å². The van der Waals surface area contributed by atoms with Gasteiger partial charge in [0.1, 0.15) is 5.82 Å². The fourth-order valence-corrected chi connectivity index (χ4v) is 0.825. The third-order valence-corrected chi connectivity index (χ3v) is 1.47. The van der Waals surface area contributed by atoms with E-state index in [-0.39, 0.29) is 0 Å². The van der Waals surface area contributed by atoms with Crippen LogP contribution in [0.1, 0.15) is 18.9 Å². The van der Waals surface area contributed by atoms with Crippen molar-refractivity contribution < 1.29 is 0 Å². The minimum absolute atomic E-state index is 0.970. The second-order valence-corrected chi connectivity index (χ2v) is 2.65. The van der Waals surface area contributed by atoms with Crippen molar-refractivity contribution in [1.82, 2.24) is 4.98 Å². The van der Waals surface area contributed by atoms with Gasteiger partial charge in [0.2, 0.25) is 0 Å². The third kappa shape index (κ3) is 2.58. The van der Waals surface area contributed by atoms with Crippen LogP contribution in [0.15, 0.2) is 18.3 Å². The Morgan fingerprint density at radius 2 is 2.27 bits per heavy atom. The summed E-state index contributed by atoms with van der Waals surface area (Å²) < 4.78 is 0. The van der Waals surface area contributed by atoms with Gasteiger partial charge in [-0.3, -0.25) is 0 Å². The van der Waals surface area contributed by atoms with E-state index in [0.717, 1.165) is 18.8 Å². The average Bonchev–Trinajstić information content (AvgIpc) is 2.04. The minimum Gasteiger partial charge on any atom is -0.370 e. The summed E-state index contributed by atoms with van der Waals surface area (Å²) in [5.41, 5.74) is 1.20. The molecule has 0 aromatic carbocycles. The number of hydrogen-bond acceptors (Lipinski definition) is 2. The maximum Gasteiger partial charge on any atom is 0.125 e. The standard InChI is InChI=1S/C9H14N2/c1-3-6-10-9-5-4-8(2)7-11-9/h4-5,7H,3,6H2,1-2H3,(H,10,11). The molecule has 0 aliphatic heterocycles. The Morgan fingerprint density at radius 3 is 2.82 bits per heavy atom. The molecule has 2 nitrogen and oxygen atoms in total. The fraction of sp³-hybridized carbons (Fsp3) is 0.444. The van der Waals surface area contributed by atoms with E-state index in [2.05, 4.69) is 23.3 Å².